The van der Waals surface area contributed by atoms with Crippen molar-refractivity contribution in [3.05, 3.63) is 12.2 Å². The normalized spacial score (nSPS) is 12.0. The summed E-state index contributed by atoms with van der Waals surface area (Å²) >= 11 is 0. The molecule has 288 valence electrons. The van der Waals surface area contributed by atoms with Gasteiger partial charge in [0.05, 0.1) is 0 Å². The van der Waals surface area contributed by atoms with E-state index in [1.165, 1.54) is 122 Å². The van der Waals surface area contributed by atoms with Crippen LogP contribution in [0.1, 0.15) is 226 Å². The number of carbonyl (C=O) groups excluding carboxylic acids is 3. The Kier molecular flexibility index (Phi) is 37.5. The highest BCUT2D eigenvalue weighted by atomic mass is 16.6. The lowest BCUT2D eigenvalue weighted by Gasteiger charge is -2.18. The predicted molar refractivity (Wildman–Crippen MR) is 206 cm³/mol. The van der Waals surface area contributed by atoms with E-state index >= 15 is 0 Å². The quantitative estimate of drug-likeness (QED) is 0.0277. The Morgan fingerprint density at radius 2 is 0.673 bits per heavy atom. The minimum atomic E-state index is -0.762. The summed E-state index contributed by atoms with van der Waals surface area (Å²) < 4.78 is 16.6. The molecule has 0 saturated heterocycles. The molecule has 0 spiro atoms. The highest BCUT2D eigenvalue weighted by Crippen LogP contribution is 2.14. The van der Waals surface area contributed by atoms with E-state index in [2.05, 4.69) is 32.9 Å². The van der Waals surface area contributed by atoms with Crippen molar-refractivity contribution in [2.24, 2.45) is 0 Å². The van der Waals surface area contributed by atoms with E-state index in [0.29, 0.717) is 19.3 Å². The molecule has 0 saturated carbocycles. The summed E-state index contributed by atoms with van der Waals surface area (Å²) in [6, 6.07) is 0. The monoisotopic (exact) mass is 693 g/mol. The number of unbranched alkanes of at least 4 members (excludes halogenated alkanes) is 25. The lowest BCUT2D eigenvalue weighted by atomic mass is 10.1. The average Bonchev–Trinajstić information content (AvgIpc) is 3.10. The molecule has 0 radical (unpaired) electrons. The van der Waals surface area contributed by atoms with Gasteiger partial charge in [0.1, 0.15) is 13.2 Å². The van der Waals surface area contributed by atoms with Gasteiger partial charge in [-0.1, -0.05) is 174 Å². The number of hydrogen-bond donors (Lipinski definition) is 0. The van der Waals surface area contributed by atoms with Crippen molar-refractivity contribution in [1.82, 2.24) is 0 Å². The van der Waals surface area contributed by atoms with Crippen LogP contribution in [0, 0.1) is 0 Å². The van der Waals surface area contributed by atoms with E-state index in [0.717, 1.165) is 64.2 Å². The van der Waals surface area contributed by atoms with Gasteiger partial charge in [-0.25, -0.2) is 0 Å². The van der Waals surface area contributed by atoms with Crippen molar-refractivity contribution in [2.45, 2.75) is 232 Å². The van der Waals surface area contributed by atoms with Crippen LogP contribution in [0.4, 0.5) is 0 Å². The summed E-state index contributed by atoms with van der Waals surface area (Å²) in [4.78, 5) is 37.5. The van der Waals surface area contributed by atoms with E-state index in [4.69, 9.17) is 14.2 Å². The standard InChI is InChI=1S/C43H80O6/c1-4-7-10-13-16-19-21-23-24-27-30-33-36-42(45)48-39-40(38-47-41(44)35-32-29-26-18-15-12-9-6-3)49-43(46)37-34-31-28-25-22-20-17-14-11-8-5-2/h16,19,40H,4-15,17-18,20-39H2,1-3H3/b19-16-. The lowest BCUT2D eigenvalue weighted by Crippen LogP contribution is -2.30. The largest absolute Gasteiger partial charge is 0.462 e. The smallest absolute Gasteiger partial charge is 0.306 e. The number of esters is 3. The zero-order valence-corrected chi connectivity index (χ0v) is 32.7. The van der Waals surface area contributed by atoms with E-state index in [1.54, 1.807) is 0 Å². The van der Waals surface area contributed by atoms with E-state index in [9.17, 15) is 14.4 Å². The Bertz CT molecular complexity index is 763. The summed E-state index contributed by atoms with van der Waals surface area (Å²) in [6.45, 7) is 6.56. The first-order valence-electron chi connectivity index (χ1n) is 21.2. The van der Waals surface area contributed by atoms with Crippen LogP contribution in [0.5, 0.6) is 0 Å². The Balaban J connectivity index is 4.34. The predicted octanol–water partition coefficient (Wildman–Crippen LogP) is 13.1. The van der Waals surface area contributed by atoms with Crippen LogP contribution in [-0.4, -0.2) is 37.2 Å². The summed E-state index contributed by atoms with van der Waals surface area (Å²) in [5, 5.41) is 0. The van der Waals surface area contributed by atoms with Crippen molar-refractivity contribution in [1.29, 1.82) is 0 Å². The molecule has 0 aliphatic carbocycles. The Hall–Kier alpha value is -1.85. The summed E-state index contributed by atoms with van der Waals surface area (Å²) in [5.41, 5.74) is 0. The van der Waals surface area contributed by atoms with Crippen LogP contribution < -0.4 is 0 Å². The molecule has 49 heavy (non-hydrogen) atoms. The van der Waals surface area contributed by atoms with Gasteiger partial charge < -0.3 is 14.2 Å². The third-order valence-corrected chi connectivity index (χ3v) is 9.27. The van der Waals surface area contributed by atoms with Crippen LogP contribution in [0.25, 0.3) is 0 Å². The van der Waals surface area contributed by atoms with Crippen LogP contribution in [0.3, 0.4) is 0 Å². The molecule has 0 amide bonds. The molecule has 1 atom stereocenters. The maximum Gasteiger partial charge on any atom is 0.306 e. The Labute approximate surface area is 303 Å². The van der Waals surface area contributed by atoms with Gasteiger partial charge >= 0.3 is 17.9 Å². The SMILES string of the molecule is CCCCC/C=C\CCCCCCCC(=O)OCC(COC(=O)CCCCCCCCCC)OC(=O)CCCCCCCCCCCCC. The first-order valence-corrected chi connectivity index (χ1v) is 21.2. The molecule has 0 aliphatic heterocycles. The molecule has 0 aliphatic rings. The third kappa shape index (κ3) is 37.2. The van der Waals surface area contributed by atoms with Gasteiger partial charge in [-0.15, -0.1) is 0 Å². The molecule has 6 heteroatoms. The highest BCUT2D eigenvalue weighted by Gasteiger charge is 2.19. The van der Waals surface area contributed by atoms with E-state index < -0.39 is 6.10 Å². The van der Waals surface area contributed by atoms with Crippen LogP contribution in [0.15, 0.2) is 12.2 Å². The van der Waals surface area contributed by atoms with Crippen LogP contribution in [0.2, 0.25) is 0 Å². The van der Waals surface area contributed by atoms with E-state index in [1.807, 2.05) is 0 Å². The minimum absolute atomic E-state index is 0.0693. The summed E-state index contributed by atoms with van der Waals surface area (Å²) in [5.74, 6) is -0.880. The molecular weight excluding hydrogens is 612 g/mol. The molecule has 0 fully saturated rings. The fourth-order valence-corrected chi connectivity index (χ4v) is 6.02. The molecule has 0 aromatic heterocycles. The number of allylic oxidation sites excluding steroid dienone is 2. The van der Waals surface area contributed by atoms with Crippen LogP contribution in [-0.2, 0) is 28.6 Å². The summed E-state index contributed by atoms with van der Waals surface area (Å²) in [6.07, 6.45) is 39.1. The van der Waals surface area contributed by atoms with Gasteiger partial charge in [-0.05, 0) is 44.9 Å². The van der Waals surface area contributed by atoms with Gasteiger partial charge in [0.25, 0.3) is 0 Å². The zero-order chi connectivity index (χ0) is 35.9. The summed E-state index contributed by atoms with van der Waals surface area (Å²) in [7, 11) is 0. The van der Waals surface area contributed by atoms with Crippen LogP contribution >= 0.6 is 0 Å². The fraction of sp³-hybridized carbons (Fsp3) is 0.884. The van der Waals surface area contributed by atoms with Gasteiger partial charge in [-0.3, -0.25) is 14.4 Å². The number of hydrogen-bond acceptors (Lipinski definition) is 6. The van der Waals surface area contributed by atoms with Crippen molar-refractivity contribution < 1.29 is 28.6 Å². The second-order valence-electron chi connectivity index (χ2n) is 14.3. The Morgan fingerprint density at radius 1 is 0.388 bits per heavy atom. The van der Waals surface area contributed by atoms with E-state index in [-0.39, 0.29) is 31.1 Å². The van der Waals surface area contributed by atoms with Crippen molar-refractivity contribution in [3.8, 4) is 0 Å². The second-order valence-corrected chi connectivity index (χ2v) is 14.3. The molecule has 0 rings (SSSR count). The fourth-order valence-electron chi connectivity index (χ4n) is 6.02. The first-order chi connectivity index (χ1) is 24.0. The van der Waals surface area contributed by atoms with Crippen molar-refractivity contribution in [2.75, 3.05) is 13.2 Å². The molecular formula is C43H80O6. The maximum atomic E-state index is 12.6. The molecule has 0 heterocycles. The number of rotatable bonds is 38. The van der Waals surface area contributed by atoms with Crippen molar-refractivity contribution in [3.63, 3.8) is 0 Å². The molecule has 0 N–H and O–H groups in total. The minimum Gasteiger partial charge on any atom is -0.462 e. The van der Waals surface area contributed by atoms with Gasteiger partial charge in [0.2, 0.25) is 0 Å². The van der Waals surface area contributed by atoms with Crippen molar-refractivity contribution >= 4 is 17.9 Å². The second kappa shape index (κ2) is 38.9. The average molecular weight is 693 g/mol. The molecule has 0 aromatic carbocycles. The van der Waals surface area contributed by atoms with Gasteiger partial charge in [-0.2, -0.15) is 0 Å². The lowest BCUT2D eigenvalue weighted by molar-refractivity contribution is -0.167. The van der Waals surface area contributed by atoms with Gasteiger partial charge in [0, 0.05) is 19.3 Å². The first kappa shape index (κ1) is 47.1. The maximum absolute atomic E-state index is 12.6. The van der Waals surface area contributed by atoms with Gasteiger partial charge in [0.15, 0.2) is 6.10 Å². The molecule has 1 unspecified atom stereocenters. The highest BCUT2D eigenvalue weighted by molar-refractivity contribution is 5.71. The zero-order valence-electron chi connectivity index (χ0n) is 32.7. The number of carbonyl (C=O) groups is 3. The Morgan fingerprint density at radius 3 is 1.06 bits per heavy atom. The molecule has 6 nitrogen and oxygen atoms in total. The third-order valence-electron chi connectivity index (χ3n) is 9.27. The topological polar surface area (TPSA) is 78.9 Å². The molecule has 0 bridgehead atoms. The molecule has 0 aromatic rings. The number of ether oxygens (including phenoxy) is 3.